The topological polar surface area (TPSA) is 135 Å². The Hall–Kier alpha value is -11.2. The minimum Gasteiger partial charge on any atom is -0.309 e. The Bertz CT molecular complexity index is 4630. The van der Waals surface area contributed by atoms with Crippen molar-refractivity contribution in [2.24, 2.45) is 0 Å². The Kier molecular flexibility index (Phi) is 11.0. The third kappa shape index (κ3) is 7.89. The SMILES string of the molecule is N#Cc1cccc(-c2cc(-n3c4ccccc4c4ccc(-c5nc(-c6ccccc6)nc(-c6ccccc6)n5)cc43)c(C#N)cc2-n2c3ccccc3c3ccc(-c4nc(-c5ccccc5)nc(-c5ccccc5)n4)cc32)c1. The van der Waals surface area contributed by atoms with Gasteiger partial charge in [0.25, 0.3) is 0 Å². The molecular formula is C68H40N10. The summed E-state index contributed by atoms with van der Waals surface area (Å²) in [6.07, 6.45) is 0. The van der Waals surface area contributed by atoms with Gasteiger partial charge in [-0.3, -0.25) is 0 Å². The van der Waals surface area contributed by atoms with Crippen molar-refractivity contribution < 1.29 is 0 Å². The molecule has 0 aliphatic heterocycles. The van der Waals surface area contributed by atoms with Crippen LogP contribution in [0.25, 0.3) is 134 Å². The Morgan fingerprint density at radius 2 is 0.641 bits per heavy atom. The van der Waals surface area contributed by atoms with E-state index < -0.39 is 0 Å². The molecule has 78 heavy (non-hydrogen) atoms. The fourth-order valence-electron chi connectivity index (χ4n) is 10.6. The third-order valence-corrected chi connectivity index (χ3v) is 14.3. The van der Waals surface area contributed by atoms with E-state index in [9.17, 15) is 10.5 Å². The summed E-state index contributed by atoms with van der Waals surface area (Å²) in [4.78, 5) is 30.3. The molecule has 0 radical (unpaired) electrons. The smallest absolute Gasteiger partial charge is 0.164 e. The molecule has 0 aliphatic rings. The molecule has 0 fully saturated rings. The molecule has 10 nitrogen and oxygen atoms in total. The number of nitrogens with zero attached hydrogens (tertiary/aromatic N) is 10. The first-order valence-corrected chi connectivity index (χ1v) is 25.5. The minimum absolute atomic E-state index is 0.440. The molecule has 0 saturated carbocycles. The fraction of sp³-hybridized carbons (Fsp3) is 0. The van der Waals surface area contributed by atoms with Gasteiger partial charge in [-0.1, -0.05) is 194 Å². The van der Waals surface area contributed by atoms with Crippen LogP contribution in [0, 0.1) is 22.7 Å². The molecule has 0 unspecified atom stereocenters. The van der Waals surface area contributed by atoms with Crippen molar-refractivity contribution in [3.05, 3.63) is 254 Å². The highest BCUT2D eigenvalue weighted by Gasteiger charge is 2.24. The van der Waals surface area contributed by atoms with Crippen LogP contribution in [0.2, 0.25) is 0 Å². The maximum atomic E-state index is 11.5. The van der Waals surface area contributed by atoms with Crippen LogP contribution in [0.4, 0.5) is 0 Å². The lowest BCUT2D eigenvalue weighted by Gasteiger charge is -2.19. The summed E-state index contributed by atoms with van der Waals surface area (Å²) < 4.78 is 4.40. The van der Waals surface area contributed by atoms with Crippen molar-refractivity contribution in [2.75, 3.05) is 0 Å². The second-order valence-corrected chi connectivity index (χ2v) is 18.9. The summed E-state index contributed by atoms with van der Waals surface area (Å²) >= 11 is 0. The van der Waals surface area contributed by atoms with Gasteiger partial charge in [-0.2, -0.15) is 10.5 Å². The number of hydrogen-bond donors (Lipinski definition) is 0. The lowest BCUT2D eigenvalue weighted by Crippen LogP contribution is -2.04. The number of benzene rings is 10. The average molecular weight is 997 g/mol. The lowest BCUT2D eigenvalue weighted by atomic mass is 9.98. The van der Waals surface area contributed by atoms with Gasteiger partial charge in [0.2, 0.25) is 0 Å². The second-order valence-electron chi connectivity index (χ2n) is 18.9. The lowest BCUT2D eigenvalue weighted by molar-refractivity contribution is 1.07. The van der Waals surface area contributed by atoms with Crippen LogP contribution in [0.1, 0.15) is 11.1 Å². The number of hydrogen-bond acceptors (Lipinski definition) is 8. The van der Waals surface area contributed by atoms with E-state index in [1.54, 1.807) is 0 Å². The van der Waals surface area contributed by atoms with Gasteiger partial charge >= 0.3 is 0 Å². The number of aromatic nitrogens is 8. The number of rotatable bonds is 9. The Labute approximate surface area is 447 Å². The monoisotopic (exact) mass is 996 g/mol. The maximum absolute atomic E-state index is 11.5. The van der Waals surface area contributed by atoms with Crippen molar-refractivity contribution >= 4 is 43.6 Å². The highest BCUT2D eigenvalue weighted by atomic mass is 15.1. The number of fused-ring (bicyclic) bond motifs is 6. The summed E-state index contributed by atoms with van der Waals surface area (Å²) in [5.41, 5.74) is 12.7. The van der Waals surface area contributed by atoms with E-state index in [0.29, 0.717) is 51.8 Å². The first kappa shape index (κ1) is 45.4. The van der Waals surface area contributed by atoms with Crippen LogP contribution in [0.15, 0.2) is 243 Å². The summed E-state index contributed by atoms with van der Waals surface area (Å²) in [7, 11) is 0. The molecule has 4 heterocycles. The van der Waals surface area contributed by atoms with E-state index in [0.717, 1.165) is 93.8 Å². The Morgan fingerprint density at radius 3 is 1.06 bits per heavy atom. The zero-order chi connectivity index (χ0) is 52.1. The highest BCUT2D eigenvalue weighted by Crippen LogP contribution is 2.42. The molecule has 10 aromatic carbocycles. The van der Waals surface area contributed by atoms with Crippen molar-refractivity contribution in [3.63, 3.8) is 0 Å². The molecule has 14 rings (SSSR count). The summed E-state index contributed by atoms with van der Waals surface area (Å²) in [6.45, 7) is 0. The molecule has 14 aromatic rings. The van der Waals surface area contributed by atoms with Gasteiger partial charge in [0.1, 0.15) is 6.07 Å². The van der Waals surface area contributed by atoms with Crippen LogP contribution < -0.4 is 0 Å². The standard InChI is InChI=1S/C68H40N10/c69-41-43-18-17-27-48(36-43)56-40-59(77-57-30-15-13-28-52(57)54-34-32-49(37-60(54)77)67-73-63(44-19-5-1-6-20-44)71-64(74-67)45-21-7-2-8-22-45)51(42-70)39-62(56)78-58-31-16-14-29-53(58)55-35-33-50(38-61(55)78)68-75-65(46-23-9-3-10-24-46)72-66(76-68)47-25-11-4-12-26-47/h1-40H. The van der Waals surface area contributed by atoms with Crippen LogP contribution in [-0.4, -0.2) is 39.0 Å². The Balaban J connectivity index is 1.01. The second kappa shape index (κ2) is 18.9. The van der Waals surface area contributed by atoms with Crippen LogP contribution in [0.5, 0.6) is 0 Å². The quantitative estimate of drug-likeness (QED) is 0.139. The third-order valence-electron chi connectivity index (χ3n) is 14.3. The number of para-hydroxylation sites is 2. The Morgan fingerprint density at radius 1 is 0.269 bits per heavy atom. The molecule has 0 N–H and O–H groups in total. The molecule has 10 heteroatoms. The van der Waals surface area contributed by atoms with E-state index in [4.69, 9.17) is 29.9 Å². The van der Waals surface area contributed by atoms with E-state index >= 15 is 0 Å². The predicted octanol–water partition coefficient (Wildman–Crippen LogP) is 15.7. The molecule has 0 bridgehead atoms. The highest BCUT2D eigenvalue weighted by molar-refractivity contribution is 6.12. The van der Waals surface area contributed by atoms with Crippen LogP contribution in [0.3, 0.4) is 0 Å². The fourth-order valence-corrected chi connectivity index (χ4v) is 10.6. The van der Waals surface area contributed by atoms with Gasteiger partial charge in [0, 0.05) is 60.5 Å². The zero-order valence-electron chi connectivity index (χ0n) is 41.6. The molecule has 0 saturated heterocycles. The van der Waals surface area contributed by atoms with E-state index in [1.807, 2.05) is 176 Å². The molecule has 362 valence electrons. The van der Waals surface area contributed by atoms with E-state index in [1.165, 1.54) is 0 Å². The normalized spacial score (nSPS) is 11.3. The van der Waals surface area contributed by atoms with Gasteiger partial charge in [-0.15, -0.1) is 0 Å². The van der Waals surface area contributed by atoms with Gasteiger partial charge in [0.05, 0.1) is 50.6 Å². The molecule has 0 atom stereocenters. The molecule has 0 spiro atoms. The summed E-state index contributed by atoms with van der Waals surface area (Å²) in [6, 6.07) is 85.7. The number of nitriles is 2. The molecule has 0 amide bonds. The largest absolute Gasteiger partial charge is 0.309 e. The summed E-state index contributed by atoms with van der Waals surface area (Å²) in [5.74, 6) is 3.28. The van der Waals surface area contributed by atoms with Gasteiger partial charge in [0.15, 0.2) is 34.9 Å². The van der Waals surface area contributed by atoms with Crippen molar-refractivity contribution in [1.82, 2.24) is 39.0 Å². The van der Waals surface area contributed by atoms with Crippen molar-refractivity contribution in [2.45, 2.75) is 0 Å². The molecule has 4 aromatic heterocycles. The minimum atomic E-state index is 0.440. The van der Waals surface area contributed by atoms with Gasteiger partial charge in [-0.05, 0) is 54.1 Å². The maximum Gasteiger partial charge on any atom is 0.164 e. The van der Waals surface area contributed by atoms with Crippen molar-refractivity contribution in [3.8, 4) is 103 Å². The molecule has 0 aliphatic carbocycles. The molecular weight excluding hydrogens is 957 g/mol. The van der Waals surface area contributed by atoms with Crippen molar-refractivity contribution in [1.29, 1.82) is 10.5 Å². The van der Waals surface area contributed by atoms with E-state index in [2.05, 4.69) is 88.0 Å². The zero-order valence-corrected chi connectivity index (χ0v) is 41.6. The van der Waals surface area contributed by atoms with Crippen LogP contribution >= 0.6 is 0 Å². The predicted molar refractivity (Wildman–Crippen MR) is 309 cm³/mol. The van der Waals surface area contributed by atoms with Gasteiger partial charge in [-0.25, -0.2) is 29.9 Å². The van der Waals surface area contributed by atoms with Gasteiger partial charge < -0.3 is 9.13 Å². The first-order chi connectivity index (χ1) is 38.6. The van der Waals surface area contributed by atoms with Crippen LogP contribution in [-0.2, 0) is 0 Å². The van der Waals surface area contributed by atoms with E-state index in [-0.39, 0.29) is 0 Å². The first-order valence-electron chi connectivity index (χ1n) is 25.5. The average Bonchev–Trinajstić information content (AvgIpc) is 4.13. The summed E-state index contributed by atoms with van der Waals surface area (Å²) in [5, 5.41) is 25.9.